The zero-order valence-electron chi connectivity index (χ0n) is 27.5. The summed E-state index contributed by atoms with van der Waals surface area (Å²) >= 11 is 0. The van der Waals surface area contributed by atoms with E-state index < -0.39 is 11.9 Å². The fourth-order valence-corrected chi connectivity index (χ4v) is 5.24. The van der Waals surface area contributed by atoms with E-state index in [1.54, 1.807) is 0 Å². The Morgan fingerprint density at radius 1 is 0.400 bits per heavy atom. The number of hydrogen-bond donors (Lipinski definition) is 2. The molecule has 0 aliphatic heterocycles. The molecule has 0 aliphatic rings. The molecule has 0 aliphatic carbocycles. The molecule has 0 atom stereocenters. The monoisotopic (exact) mass is 569 g/mol. The number of hydrogen-bond acceptors (Lipinski definition) is 2. The van der Waals surface area contributed by atoms with E-state index >= 15 is 0 Å². The van der Waals surface area contributed by atoms with Crippen molar-refractivity contribution in [2.24, 2.45) is 5.92 Å². The zero-order chi connectivity index (χ0) is 29.9. The molecule has 0 aromatic rings. The maximum Gasteiger partial charge on any atom is 0.303 e. The molecule has 0 saturated heterocycles. The average Bonchev–Trinajstić information content (AvgIpc) is 2.91. The van der Waals surface area contributed by atoms with Crippen LogP contribution in [0.15, 0.2) is 0 Å². The molecule has 40 heavy (non-hydrogen) atoms. The largest absolute Gasteiger partial charge is 0.481 e. The Labute approximate surface area is 250 Å². The van der Waals surface area contributed by atoms with E-state index in [1.165, 1.54) is 154 Å². The van der Waals surface area contributed by atoms with E-state index in [0.717, 1.165) is 31.6 Å². The van der Waals surface area contributed by atoms with Crippen molar-refractivity contribution < 1.29 is 19.8 Å². The van der Waals surface area contributed by atoms with Gasteiger partial charge in [0, 0.05) is 12.8 Å². The van der Waals surface area contributed by atoms with Gasteiger partial charge in [-0.15, -0.1) is 0 Å². The molecule has 0 aromatic carbocycles. The molecule has 0 saturated carbocycles. The summed E-state index contributed by atoms with van der Waals surface area (Å²) in [5, 5.41) is 17.0. The predicted octanol–water partition coefficient (Wildman–Crippen LogP) is 12.5. The number of carboxylic acid groups (broad SMARTS) is 2. The fourth-order valence-electron chi connectivity index (χ4n) is 5.24. The summed E-state index contributed by atoms with van der Waals surface area (Å²) in [5.74, 6) is -0.441. The Balaban J connectivity index is 0. The van der Waals surface area contributed by atoms with Crippen molar-refractivity contribution in [3.8, 4) is 0 Å². The Kier molecular flexibility index (Phi) is 36.9. The highest BCUT2D eigenvalue weighted by Crippen LogP contribution is 2.15. The summed E-state index contributed by atoms with van der Waals surface area (Å²) < 4.78 is 0. The SMILES string of the molecule is CC(C)CCCCCCCCCCCCCCC(=O)O.CCCCCCCCCCCCCCCCCC(=O)O. The van der Waals surface area contributed by atoms with Gasteiger partial charge in [0.2, 0.25) is 0 Å². The first-order valence-electron chi connectivity index (χ1n) is 17.8. The van der Waals surface area contributed by atoms with Gasteiger partial charge in [0.25, 0.3) is 0 Å². The van der Waals surface area contributed by atoms with Gasteiger partial charge >= 0.3 is 11.9 Å². The summed E-state index contributed by atoms with van der Waals surface area (Å²) in [6, 6.07) is 0. The van der Waals surface area contributed by atoms with E-state index in [1.807, 2.05) is 0 Å². The van der Waals surface area contributed by atoms with Crippen LogP contribution in [-0.2, 0) is 9.59 Å². The van der Waals surface area contributed by atoms with Crippen LogP contribution in [0.2, 0.25) is 0 Å². The van der Waals surface area contributed by atoms with Crippen LogP contribution in [0.25, 0.3) is 0 Å². The minimum Gasteiger partial charge on any atom is -0.481 e. The molecule has 0 spiro atoms. The molecule has 0 bridgehead atoms. The minimum absolute atomic E-state index is 0.344. The number of aliphatic carboxylic acids is 2. The lowest BCUT2D eigenvalue weighted by atomic mass is 10.0. The van der Waals surface area contributed by atoms with E-state index in [-0.39, 0.29) is 0 Å². The highest BCUT2D eigenvalue weighted by atomic mass is 16.4. The van der Waals surface area contributed by atoms with Gasteiger partial charge in [-0.1, -0.05) is 188 Å². The summed E-state index contributed by atoms with van der Waals surface area (Å²) in [4.78, 5) is 20.7. The van der Waals surface area contributed by atoms with Crippen LogP contribution in [0.5, 0.6) is 0 Å². The lowest BCUT2D eigenvalue weighted by molar-refractivity contribution is -0.138. The van der Waals surface area contributed by atoms with Crippen LogP contribution >= 0.6 is 0 Å². The van der Waals surface area contributed by atoms with E-state index in [9.17, 15) is 9.59 Å². The second-order valence-electron chi connectivity index (χ2n) is 12.7. The molecule has 2 N–H and O–H groups in total. The second kappa shape index (κ2) is 36.0. The second-order valence-corrected chi connectivity index (χ2v) is 12.7. The third-order valence-electron chi connectivity index (χ3n) is 7.92. The lowest BCUT2D eigenvalue weighted by Gasteiger charge is -2.04. The number of rotatable bonds is 31. The van der Waals surface area contributed by atoms with Crippen LogP contribution < -0.4 is 0 Å². The van der Waals surface area contributed by atoms with Gasteiger partial charge in [-0.05, 0) is 18.8 Å². The van der Waals surface area contributed by atoms with Crippen LogP contribution in [0, 0.1) is 5.92 Å². The standard InChI is InChI=1S/2C18H36O2/c1-17(2)15-13-11-9-7-5-3-4-6-8-10-12-14-16-18(19)20;1-2-3-4-5-6-7-8-9-10-11-12-13-14-15-16-17-18(19)20/h17H,3-16H2,1-2H3,(H,19,20);2-17H2,1H3,(H,19,20). The van der Waals surface area contributed by atoms with Gasteiger partial charge in [0.1, 0.15) is 0 Å². The summed E-state index contributed by atoms with van der Waals surface area (Å²) in [6.45, 7) is 6.88. The normalized spacial score (nSPS) is 11.0. The first kappa shape index (κ1) is 41.1. The summed E-state index contributed by atoms with van der Waals surface area (Å²) in [5.41, 5.74) is 0. The third-order valence-corrected chi connectivity index (χ3v) is 7.92. The number of carboxylic acids is 2. The maximum atomic E-state index is 10.3. The number of unbranched alkanes of at least 4 members (excludes halogenated alkanes) is 25. The highest BCUT2D eigenvalue weighted by Gasteiger charge is 1.99. The van der Waals surface area contributed by atoms with Crippen molar-refractivity contribution >= 4 is 11.9 Å². The van der Waals surface area contributed by atoms with Crippen LogP contribution in [0.1, 0.15) is 213 Å². The zero-order valence-corrected chi connectivity index (χ0v) is 27.5. The van der Waals surface area contributed by atoms with E-state index in [0.29, 0.717) is 12.8 Å². The lowest BCUT2D eigenvalue weighted by Crippen LogP contribution is -1.93. The summed E-state index contributed by atoms with van der Waals surface area (Å²) in [6.07, 6.45) is 37.5. The van der Waals surface area contributed by atoms with Crippen molar-refractivity contribution in [1.29, 1.82) is 0 Å². The molecule has 4 heteroatoms. The van der Waals surface area contributed by atoms with Gasteiger partial charge < -0.3 is 10.2 Å². The van der Waals surface area contributed by atoms with Crippen molar-refractivity contribution in [3.05, 3.63) is 0 Å². The average molecular weight is 569 g/mol. The summed E-state index contributed by atoms with van der Waals surface area (Å²) in [7, 11) is 0. The Bertz CT molecular complexity index is 503. The van der Waals surface area contributed by atoms with Gasteiger partial charge in [-0.25, -0.2) is 0 Å². The van der Waals surface area contributed by atoms with Crippen molar-refractivity contribution in [1.82, 2.24) is 0 Å². The molecule has 240 valence electrons. The van der Waals surface area contributed by atoms with E-state index in [2.05, 4.69) is 20.8 Å². The minimum atomic E-state index is -0.654. The van der Waals surface area contributed by atoms with Crippen LogP contribution in [0.4, 0.5) is 0 Å². The first-order chi connectivity index (χ1) is 19.4. The first-order valence-corrected chi connectivity index (χ1v) is 17.8. The van der Waals surface area contributed by atoms with Gasteiger partial charge in [-0.2, -0.15) is 0 Å². The Morgan fingerprint density at radius 2 is 0.625 bits per heavy atom. The Morgan fingerprint density at radius 3 is 0.850 bits per heavy atom. The molecular formula is C36H72O4. The molecule has 0 fully saturated rings. The van der Waals surface area contributed by atoms with Gasteiger partial charge in [-0.3, -0.25) is 9.59 Å². The number of carbonyl (C=O) groups is 2. The maximum absolute atomic E-state index is 10.3. The molecule has 0 amide bonds. The molecule has 0 aromatic heterocycles. The molecule has 0 heterocycles. The van der Waals surface area contributed by atoms with Crippen LogP contribution in [-0.4, -0.2) is 22.2 Å². The van der Waals surface area contributed by atoms with Crippen molar-refractivity contribution in [2.45, 2.75) is 213 Å². The Hall–Kier alpha value is -1.06. The smallest absolute Gasteiger partial charge is 0.303 e. The van der Waals surface area contributed by atoms with Crippen LogP contribution in [0.3, 0.4) is 0 Å². The fraction of sp³-hybridized carbons (Fsp3) is 0.944. The van der Waals surface area contributed by atoms with E-state index in [4.69, 9.17) is 10.2 Å². The van der Waals surface area contributed by atoms with Gasteiger partial charge in [0.05, 0.1) is 0 Å². The molecule has 0 radical (unpaired) electrons. The third kappa shape index (κ3) is 44.0. The quantitative estimate of drug-likeness (QED) is 0.0815. The topological polar surface area (TPSA) is 74.6 Å². The molecule has 0 unspecified atom stereocenters. The molecule has 0 rings (SSSR count). The predicted molar refractivity (Wildman–Crippen MR) is 174 cm³/mol. The highest BCUT2D eigenvalue weighted by molar-refractivity contribution is 5.66. The molecular weight excluding hydrogens is 496 g/mol. The van der Waals surface area contributed by atoms with Crippen molar-refractivity contribution in [3.63, 3.8) is 0 Å². The van der Waals surface area contributed by atoms with Gasteiger partial charge in [0.15, 0.2) is 0 Å². The van der Waals surface area contributed by atoms with Crippen molar-refractivity contribution in [2.75, 3.05) is 0 Å². The molecule has 4 nitrogen and oxygen atoms in total.